The number of benzene rings is 1. The van der Waals surface area contributed by atoms with Gasteiger partial charge >= 0.3 is 0 Å². The van der Waals surface area contributed by atoms with Crippen LogP contribution in [0.15, 0.2) is 24.3 Å². The van der Waals surface area contributed by atoms with E-state index in [4.69, 9.17) is 10.5 Å². The maximum absolute atomic E-state index is 5.67. The van der Waals surface area contributed by atoms with Gasteiger partial charge in [0.25, 0.3) is 0 Å². The Balaban J connectivity index is 1.72. The van der Waals surface area contributed by atoms with Crippen LogP contribution >= 0.6 is 0 Å². The Morgan fingerprint density at radius 3 is 2.76 bits per heavy atom. The van der Waals surface area contributed by atoms with E-state index in [-0.39, 0.29) is 0 Å². The zero-order valence-electron chi connectivity index (χ0n) is 10.6. The molecule has 1 aliphatic rings. The van der Waals surface area contributed by atoms with Gasteiger partial charge < -0.3 is 15.4 Å². The van der Waals surface area contributed by atoms with Crippen molar-refractivity contribution in [1.82, 2.24) is 4.90 Å². The van der Waals surface area contributed by atoms with Crippen molar-refractivity contribution in [3.63, 3.8) is 0 Å². The van der Waals surface area contributed by atoms with Crippen molar-refractivity contribution >= 4 is 5.69 Å². The number of nitrogen functional groups attached to an aromatic ring is 1. The van der Waals surface area contributed by atoms with E-state index >= 15 is 0 Å². The number of ether oxygens (including phenoxy) is 1. The van der Waals surface area contributed by atoms with Crippen molar-refractivity contribution in [2.45, 2.75) is 31.9 Å². The lowest BCUT2D eigenvalue weighted by atomic mass is 10.1. The van der Waals surface area contributed by atoms with Gasteiger partial charge in [-0.1, -0.05) is 12.1 Å². The summed E-state index contributed by atoms with van der Waals surface area (Å²) in [5.41, 5.74) is 7.81. The summed E-state index contributed by atoms with van der Waals surface area (Å²) in [6.45, 7) is 3.02. The zero-order chi connectivity index (χ0) is 12.1. The monoisotopic (exact) mass is 234 g/mol. The molecule has 2 N–H and O–H groups in total. The largest absolute Gasteiger partial charge is 0.399 e. The molecule has 2 rings (SSSR count). The summed E-state index contributed by atoms with van der Waals surface area (Å²) in [7, 11) is 2.16. The molecule has 1 saturated heterocycles. The van der Waals surface area contributed by atoms with E-state index in [9.17, 15) is 0 Å². The van der Waals surface area contributed by atoms with Gasteiger partial charge in [0.15, 0.2) is 0 Å². The van der Waals surface area contributed by atoms with Crippen LogP contribution in [0.1, 0.15) is 24.8 Å². The summed E-state index contributed by atoms with van der Waals surface area (Å²) < 4.78 is 5.63. The average Bonchev–Trinajstić information content (AvgIpc) is 2.83. The molecule has 1 atom stereocenters. The van der Waals surface area contributed by atoms with Gasteiger partial charge in [0, 0.05) is 25.4 Å². The maximum Gasteiger partial charge on any atom is 0.0588 e. The van der Waals surface area contributed by atoms with Crippen LogP contribution in [0.2, 0.25) is 0 Å². The van der Waals surface area contributed by atoms with Gasteiger partial charge in [-0.05, 0) is 44.0 Å². The number of hydrogen-bond acceptors (Lipinski definition) is 3. The van der Waals surface area contributed by atoms with E-state index < -0.39 is 0 Å². The second-order valence-electron chi connectivity index (χ2n) is 4.90. The maximum atomic E-state index is 5.67. The quantitative estimate of drug-likeness (QED) is 0.794. The first-order valence-electron chi connectivity index (χ1n) is 6.38. The molecular formula is C14H22N2O. The van der Waals surface area contributed by atoms with Gasteiger partial charge in [-0.3, -0.25) is 0 Å². The second-order valence-corrected chi connectivity index (χ2v) is 4.90. The van der Waals surface area contributed by atoms with E-state index in [1.165, 1.54) is 18.4 Å². The highest BCUT2D eigenvalue weighted by molar-refractivity contribution is 5.39. The summed E-state index contributed by atoms with van der Waals surface area (Å²) in [5, 5.41) is 0. The molecule has 1 aromatic carbocycles. The lowest BCUT2D eigenvalue weighted by molar-refractivity contribution is 0.0944. The van der Waals surface area contributed by atoms with Crippen LogP contribution in [0.25, 0.3) is 0 Å². The fourth-order valence-electron chi connectivity index (χ4n) is 2.25. The predicted molar refractivity (Wildman–Crippen MR) is 70.8 cm³/mol. The Morgan fingerprint density at radius 1 is 1.35 bits per heavy atom. The van der Waals surface area contributed by atoms with Gasteiger partial charge in [-0.2, -0.15) is 0 Å². The highest BCUT2D eigenvalue weighted by Crippen LogP contribution is 2.16. The minimum Gasteiger partial charge on any atom is -0.399 e. The third-order valence-electron chi connectivity index (χ3n) is 3.29. The van der Waals surface area contributed by atoms with Gasteiger partial charge in [0.1, 0.15) is 0 Å². The molecule has 1 fully saturated rings. The molecule has 0 bridgehead atoms. The van der Waals surface area contributed by atoms with Gasteiger partial charge in [-0.25, -0.2) is 0 Å². The lowest BCUT2D eigenvalue weighted by Gasteiger charge is -2.18. The van der Waals surface area contributed by atoms with Crippen molar-refractivity contribution in [1.29, 1.82) is 0 Å². The Hall–Kier alpha value is -1.06. The first-order valence-corrected chi connectivity index (χ1v) is 6.38. The molecule has 17 heavy (non-hydrogen) atoms. The number of nitrogens with two attached hydrogens (primary N) is 1. The highest BCUT2D eigenvalue weighted by atomic mass is 16.5. The number of anilines is 1. The highest BCUT2D eigenvalue weighted by Gasteiger charge is 2.15. The van der Waals surface area contributed by atoms with Crippen LogP contribution in [-0.4, -0.2) is 31.2 Å². The molecule has 0 aliphatic carbocycles. The van der Waals surface area contributed by atoms with Gasteiger partial charge in [0.05, 0.1) is 6.10 Å². The van der Waals surface area contributed by atoms with Crippen molar-refractivity contribution in [3.05, 3.63) is 29.8 Å². The SMILES string of the molecule is CN(CC[C@H]1CCCO1)Cc1ccc(N)cc1. The molecule has 0 unspecified atom stereocenters. The van der Waals surface area contributed by atoms with Crippen LogP contribution in [-0.2, 0) is 11.3 Å². The molecule has 0 spiro atoms. The Bertz CT molecular complexity index is 331. The second kappa shape index (κ2) is 6.03. The first kappa shape index (κ1) is 12.4. The molecule has 0 amide bonds. The van der Waals surface area contributed by atoms with Crippen LogP contribution in [0.3, 0.4) is 0 Å². The summed E-state index contributed by atoms with van der Waals surface area (Å²) in [6, 6.07) is 8.11. The van der Waals surface area contributed by atoms with Crippen LogP contribution in [0, 0.1) is 0 Å². The standard InChI is InChI=1S/C14H22N2O/c1-16(9-8-14-3-2-10-17-14)11-12-4-6-13(15)7-5-12/h4-7,14H,2-3,8-11,15H2,1H3/t14-/m1/s1. The summed E-state index contributed by atoms with van der Waals surface area (Å²) in [4.78, 5) is 2.34. The molecule has 1 heterocycles. The molecule has 0 saturated carbocycles. The Labute approximate surface area is 104 Å². The molecular weight excluding hydrogens is 212 g/mol. The normalized spacial score (nSPS) is 20.0. The Morgan fingerprint density at radius 2 is 2.12 bits per heavy atom. The average molecular weight is 234 g/mol. The Kier molecular flexibility index (Phi) is 4.40. The number of rotatable bonds is 5. The number of hydrogen-bond donors (Lipinski definition) is 1. The fraction of sp³-hybridized carbons (Fsp3) is 0.571. The van der Waals surface area contributed by atoms with Crippen molar-refractivity contribution < 1.29 is 4.74 Å². The molecule has 94 valence electrons. The van der Waals surface area contributed by atoms with Crippen molar-refractivity contribution in [3.8, 4) is 0 Å². The van der Waals surface area contributed by atoms with E-state index in [0.717, 1.165) is 31.8 Å². The predicted octanol–water partition coefficient (Wildman–Crippen LogP) is 2.27. The molecule has 1 aromatic rings. The number of nitrogens with zero attached hydrogens (tertiary/aromatic N) is 1. The molecule has 0 aromatic heterocycles. The fourth-order valence-corrected chi connectivity index (χ4v) is 2.25. The first-order chi connectivity index (χ1) is 8.24. The van der Waals surface area contributed by atoms with Crippen LogP contribution in [0.5, 0.6) is 0 Å². The smallest absolute Gasteiger partial charge is 0.0588 e. The van der Waals surface area contributed by atoms with Gasteiger partial charge in [0.2, 0.25) is 0 Å². The summed E-state index contributed by atoms with van der Waals surface area (Å²) in [6.07, 6.45) is 4.09. The topological polar surface area (TPSA) is 38.5 Å². The third-order valence-corrected chi connectivity index (χ3v) is 3.29. The van der Waals surface area contributed by atoms with Crippen molar-refractivity contribution in [2.75, 3.05) is 25.9 Å². The molecule has 1 aliphatic heterocycles. The molecule has 3 nitrogen and oxygen atoms in total. The molecule has 3 heteroatoms. The summed E-state index contributed by atoms with van der Waals surface area (Å²) >= 11 is 0. The minimum absolute atomic E-state index is 0.490. The van der Waals surface area contributed by atoms with Crippen molar-refractivity contribution in [2.24, 2.45) is 0 Å². The van der Waals surface area contributed by atoms with E-state index in [0.29, 0.717) is 6.10 Å². The minimum atomic E-state index is 0.490. The van der Waals surface area contributed by atoms with Gasteiger partial charge in [-0.15, -0.1) is 0 Å². The third kappa shape index (κ3) is 4.02. The summed E-state index contributed by atoms with van der Waals surface area (Å²) in [5.74, 6) is 0. The van der Waals surface area contributed by atoms with E-state index in [1.54, 1.807) is 0 Å². The molecule has 0 radical (unpaired) electrons. The van der Waals surface area contributed by atoms with Crippen LogP contribution in [0.4, 0.5) is 5.69 Å². The lowest BCUT2D eigenvalue weighted by Crippen LogP contribution is -2.22. The van der Waals surface area contributed by atoms with E-state index in [2.05, 4.69) is 24.1 Å². The van der Waals surface area contributed by atoms with Crippen LogP contribution < -0.4 is 5.73 Å². The van der Waals surface area contributed by atoms with E-state index in [1.807, 2.05) is 12.1 Å². The zero-order valence-corrected chi connectivity index (χ0v) is 10.6.